The Morgan fingerprint density at radius 3 is 1.71 bits per heavy atom. The molecular weight excluding hydrogens is 472 g/mol. The van der Waals surface area contributed by atoms with Crippen LogP contribution in [0.3, 0.4) is 0 Å². The van der Waals surface area contributed by atoms with E-state index in [0.29, 0.717) is 27.2 Å². The minimum absolute atomic E-state index is 0.162. The highest BCUT2D eigenvalue weighted by atomic mass is 16.2. The van der Waals surface area contributed by atoms with Crippen molar-refractivity contribution in [3.63, 3.8) is 0 Å². The lowest BCUT2D eigenvalue weighted by atomic mass is 9.80. The summed E-state index contributed by atoms with van der Waals surface area (Å²) in [5.74, 6) is -0.763. The summed E-state index contributed by atoms with van der Waals surface area (Å²) in [4.78, 5) is 42.7. The Hall–Kier alpha value is -5.29. The fraction of sp³-hybridized carbons (Fsp3) is 0. The number of imide groups is 1. The van der Waals surface area contributed by atoms with Gasteiger partial charge in [-0.05, 0) is 59.9 Å². The lowest BCUT2D eigenvalue weighted by Crippen LogP contribution is -2.35. The highest BCUT2D eigenvalue weighted by molar-refractivity contribution is 6.48. The molecule has 2 heterocycles. The van der Waals surface area contributed by atoms with Crippen LogP contribution >= 0.6 is 0 Å². The molecule has 1 aliphatic heterocycles. The number of hydrogen-bond donors (Lipinski definition) is 2. The Balaban J connectivity index is 1.78. The molecule has 0 saturated heterocycles. The van der Waals surface area contributed by atoms with Crippen molar-refractivity contribution >= 4 is 93.8 Å². The van der Waals surface area contributed by atoms with E-state index in [1.807, 2.05) is 66.7 Å². The van der Waals surface area contributed by atoms with Crippen molar-refractivity contribution in [1.29, 1.82) is 0 Å². The Morgan fingerprint density at radius 1 is 0.474 bits per heavy atom. The van der Waals surface area contributed by atoms with Gasteiger partial charge in [-0.1, -0.05) is 73.3 Å². The quantitative estimate of drug-likeness (QED) is 0.159. The molecule has 5 heteroatoms. The molecule has 8 aromatic rings. The summed E-state index contributed by atoms with van der Waals surface area (Å²) < 4.78 is 0. The number of amides is 2. The van der Waals surface area contributed by atoms with Crippen LogP contribution in [0, 0.1) is 0 Å². The third kappa shape index (κ3) is 2.06. The van der Waals surface area contributed by atoms with Crippen molar-refractivity contribution in [1.82, 2.24) is 10.3 Å². The molecule has 2 N–H and O–H groups in total. The van der Waals surface area contributed by atoms with E-state index in [4.69, 9.17) is 0 Å². The molecule has 0 spiro atoms. The number of fused-ring (bicyclic) bond motifs is 8. The number of H-pyrrole nitrogens is 1. The van der Waals surface area contributed by atoms with Crippen LogP contribution in [0.25, 0.3) is 82.0 Å². The molecule has 0 fully saturated rings. The topological polar surface area (TPSA) is 79.0 Å². The Labute approximate surface area is 213 Å². The first kappa shape index (κ1) is 19.8. The number of hydrogen-bond acceptors (Lipinski definition) is 3. The summed E-state index contributed by atoms with van der Waals surface area (Å²) in [7, 11) is 0. The molecular formula is C33H16N2O3. The van der Waals surface area contributed by atoms with Gasteiger partial charge in [-0.2, -0.15) is 0 Å². The number of pyridine rings is 1. The molecule has 5 nitrogen and oxygen atoms in total. The number of nitrogens with one attached hydrogen (secondary N) is 2. The van der Waals surface area contributed by atoms with Crippen LogP contribution in [0.15, 0.2) is 77.6 Å². The summed E-state index contributed by atoms with van der Waals surface area (Å²) >= 11 is 0. The lowest BCUT2D eigenvalue weighted by Gasteiger charge is -2.24. The minimum Gasteiger partial charge on any atom is -0.322 e. The van der Waals surface area contributed by atoms with E-state index in [-0.39, 0.29) is 17.4 Å². The van der Waals surface area contributed by atoms with Crippen molar-refractivity contribution < 1.29 is 9.59 Å². The van der Waals surface area contributed by atoms with Gasteiger partial charge in [0.05, 0.1) is 10.9 Å². The van der Waals surface area contributed by atoms with Crippen LogP contribution in [0.5, 0.6) is 0 Å². The number of aromatic amines is 1. The first-order valence-electron chi connectivity index (χ1n) is 12.4. The second-order valence-electron chi connectivity index (χ2n) is 10.1. The van der Waals surface area contributed by atoms with Gasteiger partial charge in [-0.15, -0.1) is 0 Å². The zero-order chi connectivity index (χ0) is 25.4. The van der Waals surface area contributed by atoms with E-state index < -0.39 is 0 Å². The number of aromatic nitrogens is 1. The normalized spacial score (nSPS) is 13.8. The van der Waals surface area contributed by atoms with E-state index >= 15 is 0 Å². The third-order valence-electron chi connectivity index (χ3n) is 8.40. The molecule has 0 atom stereocenters. The molecule has 0 bridgehead atoms. The van der Waals surface area contributed by atoms with Gasteiger partial charge in [0.1, 0.15) is 0 Å². The van der Waals surface area contributed by atoms with Crippen molar-refractivity contribution in [3.8, 4) is 0 Å². The maximum Gasteiger partial charge on any atom is 0.259 e. The van der Waals surface area contributed by atoms with E-state index in [2.05, 4.69) is 22.9 Å². The first-order chi connectivity index (χ1) is 18.5. The molecule has 38 heavy (non-hydrogen) atoms. The van der Waals surface area contributed by atoms with Gasteiger partial charge >= 0.3 is 0 Å². The van der Waals surface area contributed by atoms with Gasteiger partial charge in [0.2, 0.25) is 0 Å². The zero-order valence-corrected chi connectivity index (χ0v) is 19.9. The number of rotatable bonds is 0. The molecule has 176 valence electrons. The monoisotopic (exact) mass is 488 g/mol. The standard InChI is InChI=1S/C33H16N2O3/c1-14-15-10-11-20-24-17-7-3-5-9-19(17)30-28-22(31(36)35-33(30)38)13-12-21(27(24)28)23-16-6-2-4-8-18(16)29(32(37)34-14)25(15)26(20)23/h2-13H,1H2,(H,34,37)(H,35,36,38). The van der Waals surface area contributed by atoms with Crippen LogP contribution in [0.4, 0.5) is 0 Å². The van der Waals surface area contributed by atoms with E-state index in [0.717, 1.165) is 64.6 Å². The van der Waals surface area contributed by atoms with Gasteiger partial charge < -0.3 is 4.98 Å². The number of carbonyl (C=O) groups is 2. The fourth-order valence-electron chi connectivity index (χ4n) is 7.01. The van der Waals surface area contributed by atoms with Crippen molar-refractivity contribution in [2.45, 2.75) is 0 Å². The molecule has 7 aromatic carbocycles. The highest BCUT2D eigenvalue weighted by Gasteiger charge is 2.31. The largest absolute Gasteiger partial charge is 0.322 e. The van der Waals surface area contributed by atoms with Crippen LogP contribution in [0.1, 0.15) is 20.7 Å². The summed E-state index contributed by atoms with van der Waals surface area (Å²) in [5.41, 5.74) is 0.865. The van der Waals surface area contributed by atoms with Gasteiger partial charge in [0.25, 0.3) is 17.4 Å². The molecule has 9 rings (SSSR count). The third-order valence-corrected chi connectivity index (χ3v) is 8.40. The second-order valence-corrected chi connectivity index (χ2v) is 10.1. The van der Waals surface area contributed by atoms with Crippen molar-refractivity contribution in [2.24, 2.45) is 0 Å². The van der Waals surface area contributed by atoms with Gasteiger partial charge in [-0.3, -0.25) is 19.7 Å². The van der Waals surface area contributed by atoms with Crippen LogP contribution in [-0.4, -0.2) is 16.8 Å². The van der Waals surface area contributed by atoms with Crippen molar-refractivity contribution in [2.75, 3.05) is 0 Å². The summed E-state index contributed by atoms with van der Waals surface area (Å²) in [6.45, 7) is 4.15. The first-order valence-corrected chi connectivity index (χ1v) is 12.4. The highest BCUT2D eigenvalue weighted by Crippen LogP contribution is 2.49. The second kappa shape index (κ2) is 6.33. The van der Waals surface area contributed by atoms with Crippen LogP contribution in [-0.2, 0) is 0 Å². The van der Waals surface area contributed by atoms with E-state index in [9.17, 15) is 14.4 Å². The molecule has 0 saturated carbocycles. The molecule has 2 amide bonds. The maximum atomic E-state index is 13.4. The Morgan fingerprint density at radius 2 is 1.00 bits per heavy atom. The van der Waals surface area contributed by atoms with E-state index in [1.54, 1.807) is 0 Å². The fourth-order valence-corrected chi connectivity index (χ4v) is 7.01. The Kier molecular flexibility index (Phi) is 3.31. The molecule has 0 radical (unpaired) electrons. The van der Waals surface area contributed by atoms with Gasteiger partial charge in [-0.25, -0.2) is 0 Å². The molecule has 1 aromatic heterocycles. The van der Waals surface area contributed by atoms with Crippen LogP contribution in [0.2, 0.25) is 0 Å². The molecule has 1 aliphatic rings. The average molecular weight is 489 g/mol. The maximum absolute atomic E-state index is 13.4. The SMILES string of the molecule is C=c1[nH]c(=O)c2c3ccccc3c3c4ccc5c6c(c7ccccc7c(c7ccc1c2c73)c64)C(=O)NC5=O. The van der Waals surface area contributed by atoms with Gasteiger partial charge in [0.15, 0.2) is 0 Å². The van der Waals surface area contributed by atoms with Gasteiger partial charge in [0, 0.05) is 27.1 Å². The van der Waals surface area contributed by atoms with Crippen LogP contribution < -0.4 is 16.2 Å². The van der Waals surface area contributed by atoms with E-state index in [1.165, 1.54) is 0 Å². The summed E-state index contributed by atoms with van der Waals surface area (Å²) in [5, 5.41) is 15.6. The predicted octanol–water partition coefficient (Wildman–Crippen LogP) is 5.90. The van der Waals surface area contributed by atoms with Crippen molar-refractivity contribution in [3.05, 3.63) is 99.6 Å². The molecule has 0 aliphatic carbocycles. The minimum atomic E-state index is -0.385. The lowest BCUT2D eigenvalue weighted by molar-refractivity contribution is 0.0846. The Bertz CT molecular complexity index is 2560. The summed E-state index contributed by atoms with van der Waals surface area (Å²) in [6, 6.07) is 23.7. The zero-order valence-electron chi connectivity index (χ0n) is 19.9. The predicted molar refractivity (Wildman–Crippen MR) is 153 cm³/mol. The summed E-state index contributed by atoms with van der Waals surface area (Å²) in [6.07, 6.45) is 0. The average Bonchev–Trinajstić information content (AvgIpc) is 2.92. The number of carbonyl (C=O) groups excluding carboxylic acids is 2. The molecule has 0 unspecified atom stereocenters. The smallest absolute Gasteiger partial charge is 0.259 e. The number of benzene rings is 7.